The van der Waals surface area contributed by atoms with E-state index in [0.29, 0.717) is 56.1 Å². The number of anilines is 2. The van der Waals surface area contributed by atoms with Gasteiger partial charge in [-0.2, -0.15) is 15.3 Å². The van der Waals surface area contributed by atoms with Crippen molar-refractivity contribution in [3.05, 3.63) is 84.3 Å². The molecule has 14 nitrogen and oxygen atoms in total. The molecular weight excluding hydrogens is 747 g/mol. The van der Waals surface area contributed by atoms with E-state index in [9.17, 15) is 19.5 Å². The number of para-hydroxylation sites is 1. The largest absolute Gasteiger partial charge is 0.507 e. The first-order valence-corrected chi connectivity index (χ1v) is 21.3. The van der Waals surface area contributed by atoms with E-state index in [1.807, 2.05) is 60.0 Å². The number of nitrogens with one attached hydrogen (secondary N) is 1. The van der Waals surface area contributed by atoms with Gasteiger partial charge in [-0.25, -0.2) is 0 Å². The number of ether oxygens (including phenoxy) is 1. The number of phenols is 1. The number of likely N-dealkylation sites (N-methyl/N-ethyl adjacent to an activating group) is 1. The van der Waals surface area contributed by atoms with Crippen LogP contribution in [0.2, 0.25) is 0 Å². The van der Waals surface area contributed by atoms with Gasteiger partial charge in [-0.3, -0.25) is 29.3 Å². The molecule has 2 N–H and O–H groups in total. The molecule has 14 heteroatoms. The van der Waals surface area contributed by atoms with E-state index in [2.05, 4.69) is 42.3 Å². The molecule has 4 aromatic rings. The number of benzene rings is 2. The predicted octanol–water partition coefficient (Wildman–Crippen LogP) is 4.62. The number of hydrogen-bond acceptors (Lipinski definition) is 11. The molecule has 0 aliphatic carbocycles. The Morgan fingerprint density at radius 2 is 1.61 bits per heavy atom. The van der Waals surface area contributed by atoms with Gasteiger partial charge in [0.15, 0.2) is 0 Å². The van der Waals surface area contributed by atoms with Crippen LogP contribution in [-0.4, -0.2) is 123 Å². The molecule has 59 heavy (non-hydrogen) atoms. The summed E-state index contributed by atoms with van der Waals surface area (Å²) in [5.74, 6) is -0.358. The third kappa shape index (κ3) is 7.56. The van der Waals surface area contributed by atoms with Gasteiger partial charge in [0, 0.05) is 88.0 Å². The van der Waals surface area contributed by atoms with Crippen molar-refractivity contribution in [2.75, 3.05) is 62.7 Å². The molecule has 2 aromatic carbocycles. The smallest absolute Gasteiger partial charge is 0.250 e. The van der Waals surface area contributed by atoms with E-state index in [0.717, 1.165) is 87.5 Å². The highest BCUT2D eigenvalue weighted by Crippen LogP contribution is 2.41. The number of likely N-dealkylation sites (tertiary alicyclic amines) is 1. The average molecular weight is 802 g/mol. The summed E-state index contributed by atoms with van der Waals surface area (Å²) in [5.41, 5.74) is 4.38. The van der Waals surface area contributed by atoms with Crippen molar-refractivity contribution in [1.29, 1.82) is 0 Å². The third-order valence-electron chi connectivity index (χ3n) is 14.1. The third-order valence-corrected chi connectivity index (χ3v) is 14.1. The molecule has 0 radical (unpaired) electrons. The molecular formula is C45H55N9O5. The van der Waals surface area contributed by atoms with Gasteiger partial charge in [0.25, 0.3) is 5.91 Å². The number of aromatic nitrogens is 4. The first kappa shape index (κ1) is 39.1. The lowest BCUT2D eigenvalue weighted by Gasteiger charge is -2.46. The number of phenolic OH excluding ortho intramolecular Hbond substituents is 1. The molecule has 0 unspecified atom stereocenters. The van der Waals surface area contributed by atoms with Gasteiger partial charge in [-0.1, -0.05) is 24.3 Å². The molecule has 1 spiro atoms. The van der Waals surface area contributed by atoms with Crippen molar-refractivity contribution in [1.82, 2.24) is 35.1 Å². The van der Waals surface area contributed by atoms with Crippen molar-refractivity contribution >= 4 is 29.1 Å². The summed E-state index contributed by atoms with van der Waals surface area (Å²) < 4.78 is 8.61. The van der Waals surface area contributed by atoms with Crippen LogP contribution in [0, 0.1) is 6.92 Å². The number of hydrogen-bond donors (Lipinski definition) is 2. The van der Waals surface area contributed by atoms with Crippen molar-refractivity contribution in [2.24, 2.45) is 0 Å². The number of aromatic hydroxyl groups is 1. The Morgan fingerprint density at radius 3 is 2.31 bits per heavy atom. The van der Waals surface area contributed by atoms with E-state index in [-0.39, 0.29) is 41.0 Å². The topological polar surface area (TPSA) is 149 Å². The number of nitrogens with zero attached hydrogens (tertiary/aromatic N) is 8. The molecule has 5 aliphatic heterocycles. The maximum Gasteiger partial charge on any atom is 0.250 e. The van der Waals surface area contributed by atoms with Crippen LogP contribution >= 0.6 is 0 Å². The maximum absolute atomic E-state index is 14.8. The fourth-order valence-electron chi connectivity index (χ4n) is 10.5. The van der Waals surface area contributed by atoms with Crippen molar-refractivity contribution in [2.45, 2.75) is 93.9 Å². The van der Waals surface area contributed by atoms with Crippen LogP contribution in [0.4, 0.5) is 11.4 Å². The van der Waals surface area contributed by atoms with Crippen LogP contribution in [0.5, 0.6) is 5.75 Å². The zero-order valence-electron chi connectivity index (χ0n) is 34.1. The fourth-order valence-corrected chi connectivity index (χ4v) is 10.5. The Hall–Kier alpha value is -5.34. The van der Waals surface area contributed by atoms with Gasteiger partial charge < -0.3 is 24.5 Å². The lowest BCUT2D eigenvalue weighted by molar-refractivity contribution is -0.145. The van der Waals surface area contributed by atoms with Crippen LogP contribution < -0.4 is 15.1 Å². The zero-order valence-corrected chi connectivity index (χ0v) is 34.1. The summed E-state index contributed by atoms with van der Waals surface area (Å²) in [6, 6.07) is 19.9. The molecule has 0 saturated carbocycles. The van der Waals surface area contributed by atoms with Gasteiger partial charge in [-0.05, 0) is 100 Å². The number of rotatable bonds is 8. The van der Waals surface area contributed by atoms with Gasteiger partial charge in [0.2, 0.25) is 11.8 Å². The van der Waals surface area contributed by atoms with E-state index in [1.165, 1.54) is 0 Å². The number of piperidine rings is 4. The number of imide groups is 1. The van der Waals surface area contributed by atoms with E-state index < -0.39 is 5.54 Å². The second kappa shape index (κ2) is 16.0. The summed E-state index contributed by atoms with van der Waals surface area (Å²) in [7, 11) is 1.99. The van der Waals surface area contributed by atoms with Crippen molar-refractivity contribution < 1.29 is 24.2 Å². The highest BCUT2D eigenvalue weighted by molar-refractivity contribution is 6.01. The Morgan fingerprint density at radius 1 is 0.898 bits per heavy atom. The van der Waals surface area contributed by atoms with E-state index in [1.54, 1.807) is 24.5 Å². The van der Waals surface area contributed by atoms with Crippen LogP contribution in [-0.2, 0) is 24.7 Å². The standard InChI is InChI=1S/C45H55N9O5/c1-31-13-20-47-54(31)45(18-25-53(26-19-45)35-27-39(49-46-29-35)38-5-3-4-6-40(38)55)43(58)50(2)33-14-21-51(22-15-33)36-28-44(59-30-36)16-23-52(24-17-44)34-9-7-32(8-10-34)37-11-12-41(56)48-42(37)57/h3-10,13,20,27,29,33,36-37,55H,11-12,14-19,21-26,28,30H2,1-2H3,(H,48,56,57)/t36-,37+/m0/s1. The Labute approximate surface area is 345 Å². The Kier molecular flexibility index (Phi) is 10.6. The highest BCUT2D eigenvalue weighted by atomic mass is 16.5. The molecule has 9 rings (SSSR count). The molecule has 2 atom stereocenters. The van der Waals surface area contributed by atoms with Crippen LogP contribution in [0.15, 0.2) is 73.1 Å². The summed E-state index contributed by atoms with van der Waals surface area (Å²) in [6.07, 6.45) is 10.6. The van der Waals surface area contributed by atoms with Crippen molar-refractivity contribution in [3.63, 3.8) is 0 Å². The molecule has 5 saturated heterocycles. The molecule has 0 bridgehead atoms. The SMILES string of the molecule is Cc1ccnn1C1(C(=O)N(C)C2CCN([C@@H]3COC4(CCN(c5ccc([C@H]6CCC(=O)NC6=O)cc5)CC4)C3)CC2)CCN(c2cnnc(-c3ccccc3O)c2)CC1. The summed E-state index contributed by atoms with van der Waals surface area (Å²) in [5, 5.41) is 26.2. The minimum Gasteiger partial charge on any atom is -0.507 e. The van der Waals surface area contributed by atoms with Gasteiger partial charge in [-0.15, -0.1) is 0 Å². The molecule has 310 valence electrons. The Balaban J connectivity index is 0.790. The molecule has 2 aromatic heterocycles. The lowest BCUT2D eigenvalue weighted by Crippen LogP contribution is -2.59. The molecule has 3 amide bonds. The summed E-state index contributed by atoms with van der Waals surface area (Å²) in [6.45, 7) is 7.81. The fraction of sp³-hybridized carbons (Fsp3) is 0.511. The van der Waals surface area contributed by atoms with Gasteiger partial charge >= 0.3 is 0 Å². The first-order chi connectivity index (χ1) is 28.6. The molecule has 5 aliphatic rings. The number of aryl methyl sites for hydroxylation is 1. The second-order valence-electron chi connectivity index (χ2n) is 17.3. The van der Waals surface area contributed by atoms with E-state index in [4.69, 9.17) is 9.84 Å². The number of amides is 3. The highest BCUT2D eigenvalue weighted by Gasteiger charge is 2.49. The quantitative estimate of drug-likeness (QED) is 0.241. The Bertz CT molecular complexity index is 2170. The summed E-state index contributed by atoms with van der Waals surface area (Å²) >= 11 is 0. The van der Waals surface area contributed by atoms with Crippen LogP contribution in [0.3, 0.4) is 0 Å². The normalized spacial score (nSPS) is 23.7. The maximum atomic E-state index is 14.8. The van der Waals surface area contributed by atoms with Crippen LogP contribution in [0.1, 0.15) is 75.0 Å². The second-order valence-corrected chi connectivity index (χ2v) is 17.3. The molecule has 7 heterocycles. The monoisotopic (exact) mass is 801 g/mol. The molecule has 5 fully saturated rings. The predicted molar refractivity (Wildman–Crippen MR) is 223 cm³/mol. The van der Waals surface area contributed by atoms with E-state index >= 15 is 0 Å². The summed E-state index contributed by atoms with van der Waals surface area (Å²) in [4.78, 5) is 48.1. The van der Waals surface area contributed by atoms with Gasteiger partial charge in [0.1, 0.15) is 11.3 Å². The lowest BCUT2D eigenvalue weighted by atomic mass is 9.84. The average Bonchev–Trinajstić information content (AvgIpc) is 3.90. The number of carbonyl (C=O) groups is 3. The zero-order chi connectivity index (χ0) is 40.7. The number of carbonyl (C=O) groups excluding carboxylic acids is 3. The van der Waals surface area contributed by atoms with Crippen molar-refractivity contribution in [3.8, 4) is 17.0 Å². The minimum atomic E-state index is -0.785. The first-order valence-electron chi connectivity index (χ1n) is 21.3. The minimum absolute atomic E-state index is 0.0997. The van der Waals surface area contributed by atoms with Crippen LogP contribution in [0.25, 0.3) is 11.3 Å². The van der Waals surface area contributed by atoms with Gasteiger partial charge in [0.05, 0.1) is 35.7 Å².